The van der Waals surface area contributed by atoms with E-state index in [4.69, 9.17) is 5.14 Å². The second-order valence-electron chi connectivity index (χ2n) is 7.84. The van der Waals surface area contributed by atoms with Crippen molar-refractivity contribution < 1.29 is 17.6 Å². The maximum atomic E-state index is 14.0. The molecule has 1 fully saturated rings. The van der Waals surface area contributed by atoms with Gasteiger partial charge in [-0.2, -0.15) is 0 Å². The zero-order chi connectivity index (χ0) is 21.5. The summed E-state index contributed by atoms with van der Waals surface area (Å²) in [7, 11) is -3.76. The van der Waals surface area contributed by atoms with Gasteiger partial charge in [0.15, 0.2) is 0 Å². The number of nitrogens with zero attached hydrogens (tertiary/aromatic N) is 3. The van der Waals surface area contributed by atoms with Gasteiger partial charge in [0, 0.05) is 37.9 Å². The third-order valence-electron chi connectivity index (χ3n) is 5.87. The number of halogens is 1. The molecule has 2 heterocycles. The molecule has 1 unspecified atom stereocenters. The van der Waals surface area contributed by atoms with Crippen LogP contribution in [0, 0.1) is 5.82 Å². The summed E-state index contributed by atoms with van der Waals surface area (Å²) in [6.45, 7) is 4.47. The standard InChI is InChI=1S/C21H25FN4O3S/c1-15-12-16-13-17(30(23,28)29)6-7-19(16)26(15)14-21(27)25-10-8-24(9-11-25)20-5-3-2-4-18(20)22/h2-7,13,15H,8-12,14H2,1H3,(H2,23,28,29). The Morgan fingerprint density at radius 2 is 1.80 bits per heavy atom. The van der Waals surface area contributed by atoms with Crippen molar-refractivity contribution in [3.63, 3.8) is 0 Å². The third kappa shape index (κ3) is 3.99. The second-order valence-corrected chi connectivity index (χ2v) is 9.40. The molecule has 1 saturated heterocycles. The van der Waals surface area contributed by atoms with Gasteiger partial charge in [-0.15, -0.1) is 0 Å². The van der Waals surface area contributed by atoms with Gasteiger partial charge in [-0.25, -0.2) is 17.9 Å². The minimum atomic E-state index is -3.76. The second kappa shape index (κ2) is 7.88. The lowest BCUT2D eigenvalue weighted by molar-refractivity contribution is -0.130. The van der Waals surface area contributed by atoms with Crippen LogP contribution >= 0.6 is 0 Å². The van der Waals surface area contributed by atoms with E-state index in [1.54, 1.807) is 29.2 Å². The van der Waals surface area contributed by atoms with E-state index < -0.39 is 10.0 Å². The number of benzene rings is 2. The number of carbonyl (C=O) groups is 1. The normalized spacial score (nSPS) is 19.2. The van der Waals surface area contributed by atoms with Gasteiger partial charge in [0.05, 0.1) is 17.1 Å². The molecule has 0 saturated carbocycles. The largest absolute Gasteiger partial charge is 0.366 e. The van der Waals surface area contributed by atoms with Crippen molar-refractivity contribution in [3.8, 4) is 0 Å². The van der Waals surface area contributed by atoms with Crippen molar-refractivity contribution in [2.75, 3.05) is 42.5 Å². The van der Waals surface area contributed by atoms with E-state index in [0.29, 0.717) is 38.3 Å². The van der Waals surface area contributed by atoms with E-state index >= 15 is 0 Å². The molecule has 4 rings (SSSR count). The Morgan fingerprint density at radius 1 is 1.10 bits per heavy atom. The summed E-state index contributed by atoms with van der Waals surface area (Å²) < 4.78 is 37.2. The number of rotatable bonds is 4. The minimum absolute atomic E-state index is 0.0124. The molecule has 0 bridgehead atoms. The first-order valence-electron chi connectivity index (χ1n) is 9.93. The first kappa shape index (κ1) is 20.6. The first-order chi connectivity index (χ1) is 14.2. The van der Waals surface area contributed by atoms with Crippen LogP contribution < -0.4 is 14.9 Å². The van der Waals surface area contributed by atoms with Crippen LogP contribution in [-0.4, -0.2) is 58.0 Å². The summed E-state index contributed by atoms with van der Waals surface area (Å²) in [5.74, 6) is -0.239. The van der Waals surface area contributed by atoms with Gasteiger partial charge >= 0.3 is 0 Å². The first-order valence-corrected chi connectivity index (χ1v) is 11.5. The molecule has 0 aromatic heterocycles. The highest BCUT2D eigenvalue weighted by atomic mass is 32.2. The predicted octanol–water partition coefficient (Wildman–Crippen LogP) is 1.57. The molecule has 0 radical (unpaired) electrons. The monoisotopic (exact) mass is 432 g/mol. The molecule has 2 aliphatic rings. The van der Waals surface area contributed by atoms with Crippen LogP contribution in [0.15, 0.2) is 47.4 Å². The molecule has 160 valence electrons. The van der Waals surface area contributed by atoms with E-state index in [9.17, 15) is 17.6 Å². The Bertz CT molecular complexity index is 1070. The van der Waals surface area contributed by atoms with Gasteiger partial charge in [-0.05, 0) is 49.2 Å². The molecule has 7 nitrogen and oxygen atoms in total. The number of fused-ring (bicyclic) bond motifs is 1. The summed E-state index contributed by atoms with van der Waals surface area (Å²) in [5.41, 5.74) is 2.32. The van der Waals surface area contributed by atoms with E-state index in [1.165, 1.54) is 12.1 Å². The van der Waals surface area contributed by atoms with Gasteiger partial charge in [0.1, 0.15) is 5.82 Å². The van der Waals surface area contributed by atoms with Crippen LogP contribution in [0.25, 0.3) is 0 Å². The molecule has 2 aromatic carbocycles. The average Bonchev–Trinajstić information content (AvgIpc) is 3.02. The molecule has 2 N–H and O–H groups in total. The molecule has 2 aromatic rings. The molecule has 9 heteroatoms. The summed E-state index contributed by atoms with van der Waals surface area (Å²) in [6, 6.07) is 11.6. The lowest BCUT2D eigenvalue weighted by atomic mass is 10.1. The van der Waals surface area contributed by atoms with Crippen LogP contribution in [0.2, 0.25) is 0 Å². The highest BCUT2D eigenvalue weighted by Crippen LogP contribution is 2.33. The summed E-state index contributed by atoms with van der Waals surface area (Å²) in [4.78, 5) is 18.8. The average molecular weight is 433 g/mol. The number of hydrogen-bond acceptors (Lipinski definition) is 5. The van der Waals surface area contributed by atoms with Gasteiger partial charge < -0.3 is 14.7 Å². The van der Waals surface area contributed by atoms with Gasteiger partial charge in [-0.3, -0.25) is 4.79 Å². The van der Waals surface area contributed by atoms with Crippen LogP contribution in [0.3, 0.4) is 0 Å². The van der Waals surface area contributed by atoms with Crippen LogP contribution in [0.1, 0.15) is 12.5 Å². The fourth-order valence-electron chi connectivity index (χ4n) is 4.24. The Kier molecular flexibility index (Phi) is 5.42. The van der Waals surface area contributed by atoms with Crippen molar-refractivity contribution >= 4 is 27.3 Å². The Labute approximate surface area is 175 Å². The summed E-state index contributed by atoms with van der Waals surface area (Å²) in [5, 5.41) is 5.23. The predicted molar refractivity (Wildman–Crippen MR) is 114 cm³/mol. The number of amides is 1. The zero-order valence-corrected chi connectivity index (χ0v) is 17.6. The van der Waals surface area contributed by atoms with Gasteiger partial charge in [-0.1, -0.05) is 12.1 Å². The van der Waals surface area contributed by atoms with E-state index in [0.717, 1.165) is 11.3 Å². The number of sulfonamides is 1. The molecule has 0 spiro atoms. The maximum absolute atomic E-state index is 14.0. The highest BCUT2D eigenvalue weighted by Gasteiger charge is 2.31. The van der Waals surface area contributed by atoms with Gasteiger partial charge in [0.2, 0.25) is 15.9 Å². The lowest BCUT2D eigenvalue weighted by Crippen LogP contribution is -2.52. The van der Waals surface area contributed by atoms with E-state index in [2.05, 4.69) is 0 Å². The zero-order valence-electron chi connectivity index (χ0n) is 16.8. The SMILES string of the molecule is CC1Cc2cc(S(N)(=O)=O)ccc2N1CC(=O)N1CCN(c2ccccc2F)CC1. The van der Waals surface area contributed by atoms with Crippen molar-refractivity contribution in [2.24, 2.45) is 5.14 Å². The van der Waals surface area contributed by atoms with E-state index in [-0.39, 0.29) is 29.2 Å². The molecular weight excluding hydrogens is 407 g/mol. The molecule has 1 atom stereocenters. The van der Waals surface area contributed by atoms with Crippen LogP contribution in [-0.2, 0) is 21.2 Å². The Morgan fingerprint density at radius 3 is 2.47 bits per heavy atom. The van der Waals surface area contributed by atoms with Gasteiger partial charge in [0.25, 0.3) is 0 Å². The summed E-state index contributed by atoms with van der Waals surface area (Å²) in [6.07, 6.45) is 0.660. The van der Waals surface area contributed by atoms with Crippen molar-refractivity contribution in [2.45, 2.75) is 24.3 Å². The minimum Gasteiger partial charge on any atom is -0.366 e. The van der Waals surface area contributed by atoms with E-state index in [1.807, 2.05) is 22.8 Å². The molecular formula is C21H25FN4O3S. The third-order valence-corrected chi connectivity index (χ3v) is 6.78. The summed E-state index contributed by atoms with van der Waals surface area (Å²) >= 11 is 0. The number of para-hydroxylation sites is 1. The smallest absolute Gasteiger partial charge is 0.242 e. The number of anilines is 2. The lowest BCUT2D eigenvalue weighted by Gasteiger charge is -2.37. The quantitative estimate of drug-likeness (QED) is 0.793. The van der Waals surface area contributed by atoms with Crippen LogP contribution in [0.4, 0.5) is 15.8 Å². The van der Waals surface area contributed by atoms with Crippen molar-refractivity contribution in [1.29, 1.82) is 0 Å². The highest BCUT2D eigenvalue weighted by molar-refractivity contribution is 7.89. The number of piperazine rings is 1. The topological polar surface area (TPSA) is 86.9 Å². The fourth-order valence-corrected chi connectivity index (χ4v) is 4.80. The number of carbonyl (C=O) groups excluding carboxylic acids is 1. The molecule has 30 heavy (non-hydrogen) atoms. The number of primary sulfonamides is 1. The molecule has 1 amide bonds. The van der Waals surface area contributed by atoms with Crippen molar-refractivity contribution in [3.05, 3.63) is 53.8 Å². The van der Waals surface area contributed by atoms with Crippen molar-refractivity contribution in [1.82, 2.24) is 4.90 Å². The molecule has 0 aliphatic carbocycles. The molecule has 2 aliphatic heterocycles. The number of nitrogens with two attached hydrogens (primary N) is 1. The number of hydrogen-bond donors (Lipinski definition) is 1. The Hall–Kier alpha value is -2.65. The van der Waals surface area contributed by atoms with Crippen LogP contribution in [0.5, 0.6) is 0 Å². The Balaban J connectivity index is 1.41. The maximum Gasteiger partial charge on any atom is 0.242 e. The fraction of sp³-hybridized carbons (Fsp3) is 0.381.